The van der Waals surface area contributed by atoms with E-state index in [1.807, 2.05) is 37.3 Å². The number of anilines is 1. The molecule has 2 aromatic heterocycles. The summed E-state index contributed by atoms with van der Waals surface area (Å²) in [7, 11) is 3.92. The molecule has 5 heteroatoms. The molecule has 0 unspecified atom stereocenters. The van der Waals surface area contributed by atoms with Gasteiger partial charge in [-0.15, -0.1) is 0 Å². The average Bonchev–Trinajstić information content (AvgIpc) is 2.87. The van der Waals surface area contributed by atoms with Gasteiger partial charge < -0.3 is 14.8 Å². The van der Waals surface area contributed by atoms with Crippen LogP contribution in [-0.4, -0.2) is 30.2 Å². The van der Waals surface area contributed by atoms with Crippen molar-refractivity contribution in [2.45, 2.75) is 20.0 Å². The molecule has 0 fully saturated rings. The van der Waals surface area contributed by atoms with Gasteiger partial charge in [-0.2, -0.15) is 0 Å². The van der Waals surface area contributed by atoms with E-state index >= 15 is 0 Å². The summed E-state index contributed by atoms with van der Waals surface area (Å²) in [5.41, 5.74) is 5.39. The molecule has 0 bridgehead atoms. The molecule has 0 spiro atoms. The van der Waals surface area contributed by atoms with Gasteiger partial charge in [0.05, 0.1) is 5.52 Å². The van der Waals surface area contributed by atoms with Crippen LogP contribution in [0.1, 0.15) is 11.3 Å². The minimum atomic E-state index is -0.201. The Balaban J connectivity index is 1.97. The van der Waals surface area contributed by atoms with E-state index < -0.39 is 0 Å². The van der Waals surface area contributed by atoms with Crippen LogP contribution in [0.3, 0.4) is 0 Å². The molecular weight excluding hydrogens is 303 g/mol. The first-order chi connectivity index (χ1) is 11.6. The predicted molar refractivity (Wildman–Crippen MR) is 95.9 cm³/mol. The number of halogens is 1. The Bertz CT molecular complexity index is 910. The van der Waals surface area contributed by atoms with E-state index in [-0.39, 0.29) is 5.82 Å². The molecule has 4 rings (SSSR count). The lowest BCUT2D eigenvalue weighted by molar-refractivity contribution is 0.524. The zero-order valence-corrected chi connectivity index (χ0v) is 14.2. The van der Waals surface area contributed by atoms with Crippen molar-refractivity contribution in [3.05, 3.63) is 47.5 Å². The van der Waals surface area contributed by atoms with Crippen LogP contribution in [0.4, 0.5) is 10.2 Å². The van der Waals surface area contributed by atoms with Gasteiger partial charge in [0.2, 0.25) is 0 Å². The zero-order chi connectivity index (χ0) is 16.8. The number of benzene rings is 1. The van der Waals surface area contributed by atoms with Gasteiger partial charge in [0.15, 0.2) is 0 Å². The summed E-state index contributed by atoms with van der Waals surface area (Å²) in [5.74, 6) is 0.692. The second-order valence-corrected chi connectivity index (χ2v) is 6.55. The number of nitrogens with one attached hydrogen (secondary N) is 1. The second kappa shape index (κ2) is 5.60. The second-order valence-electron chi connectivity index (χ2n) is 6.55. The Morgan fingerprint density at radius 1 is 1.25 bits per heavy atom. The third-order valence-corrected chi connectivity index (χ3v) is 4.83. The maximum atomic E-state index is 14.3. The summed E-state index contributed by atoms with van der Waals surface area (Å²) in [6.45, 7) is 4.75. The zero-order valence-electron chi connectivity index (χ0n) is 14.2. The Kier molecular flexibility index (Phi) is 3.53. The number of nitrogens with zero attached hydrogens (tertiary/aromatic N) is 3. The summed E-state index contributed by atoms with van der Waals surface area (Å²) >= 11 is 0. The van der Waals surface area contributed by atoms with Gasteiger partial charge in [0.1, 0.15) is 11.6 Å². The van der Waals surface area contributed by atoms with Crippen LogP contribution >= 0.6 is 0 Å². The molecule has 1 aliphatic rings. The van der Waals surface area contributed by atoms with E-state index in [2.05, 4.69) is 21.8 Å². The Morgan fingerprint density at radius 2 is 2.08 bits per heavy atom. The summed E-state index contributed by atoms with van der Waals surface area (Å²) in [4.78, 5) is 6.45. The van der Waals surface area contributed by atoms with Crippen molar-refractivity contribution in [2.75, 3.05) is 25.5 Å². The molecule has 0 saturated heterocycles. The summed E-state index contributed by atoms with van der Waals surface area (Å²) < 4.78 is 16.6. The predicted octanol–water partition coefficient (Wildman–Crippen LogP) is 3.32. The molecule has 0 amide bonds. The fraction of sp³-hybridized carbons (Fsp3) is 0.316. The van der Waals surface area contributed by atoms with Crippen LogP contribution in [-0.2, 0) is 13.1 Å². The number of fused-ring (bicyclic) bond motifs is 3. The molecule has 4 nitrogen and oxygen atoms in total. The van der Waals surface area contributed by atoms with Gasteiger partial charge in [-0.1, -0.05) is 0 Å². The minimum absolute atomic E-state index is 0.201. The lowest BCUT2D eigenvalue weighted by Gasteiger charge is -2.19. The highest BCUT2D eigenvalue weighted by molar-refractivity contribution is 5.97. The summed E-state index contributed by atoms with van der Waals surface area (Å²) in [6.07, 6.45) is 1.83. The molecule has 24 heavy (non-hydrogen) atoms. The minimum Gasteiger partial charge on any atom is -0.363 e. The van der Waals surface area contributed by atoms with Gasteiger partial charge in [0.25, 0.3) is 0 Å². The molecule has 0 radical (unpaired) electrons. The fourth-order valence-electron chi connectivity index (χ4n) is 3.57. The molecule has 3 aromatic rings. The number of hydrogen-bond donors (Lipinski definition) is 1. The SMILES string of the molecule is Cc1c2n(c3c(-c4ccc(N(C)C)nc4)cc(F)cc13)CCNC2. The van der Waals surface area contributed by atoms with Crippen LogP contribution in [0, 0.1) is 12.7 Å². The van der Waals surface area contributed by atoms with Gasteiger partial charge in [-0.3, -0.25) is 0 Å². The van der Waals surface area contributed by atoms with E-state index in [0.29, 0.717) is 0 Å². The number of aryl methyl sites for hydroxylation is 1. The first-order valence-corrected chi connectivity index (χ1v) is 8.22. The summed E-state index contributed by atoms with van der Waals surface area (Å²) in [5, 5.41) is 4.40. The molecule has 124 valence electrons. The van der Waals surface area contributed by atoms with Crippen LogP contribution in [0.15, 0.2) is 30.5 Å². The van der Waals surface area contributed by atoms with Gasteiger partial charge in [0, 0.05) is 62.1 Å². The molecular formula is C19H21FN4. The van der Waals surface area contributed by atoms with E-state index in [0.717, 1.165) is 53.0 Å². The van der Waals surface area contributed by atoms with Crippen LogP contribution in [0.5, 0.6) is 0 Å². The molecule has 0 saturated carbocycles. The smallest absolute Gasteiger partial charge is 0.127 e. The lowest BCUT2D eigenvalue weighted by atomic mass is 10.0. The van der Waals surface area contributed by atoms with Crippen molar-refractivity contribution in [3.8, 4) is 11.1 Å². The molecule has 1 aliphatic heterocycles. The third-order valence-electron chi connectivity index (χ3n) is 4.83. The van der Waals surface area contributed by atoms with Crippen LogP contribution in [0.2, 0.25) is 0 Å². The molecule has 0 atom stereocenters. The van der Waals surface area contributed by atoms with E-state index in [9.17, 15) is 4.39 Å². The van der Waals surface area contributed by atoms with Crippen molar-refractivity contribution in [1.82, 2.24) is 14.9 Å². The number of hydrogen-bond acceptors (Lipinski definition) is 3. The lowest BCUT2D eigenvalue weighted by Crippen LogP contribution is -2.28. The molecule has 0 aliphatic carbocycles. The maximum absolute atomic E-state index is 14.3. The molecule has 3 heterocycles. The van der Waals surface area contributed by atoms with E-state index in [4.69, 9.17) is 0 Å². The number of rotatable bonds is 2. The standard InChI is InChI=1S/C19H21FN4/c1-12-15-8-14(20)9-16(13-4-5-18(22-10-13)23(2)3)19(15)24-7-6-21-11-17(12)24/h4-5,8-10,21H,6-7,11H2,1-3H3. The number of pyridine rings is 1. The van der Waals surface area contributed by atoms with Crippen LogP contribution < -0.4 is 10.2 Å². The van der Waals surface area contributed by atoms with Crippen LogP contribution in [0.25, 0.3) is 22.0 Å². The summed E-state index contributed by atoms with van der Waals surface area (Å²) in [6, 6.07) is 7.28. The molecule has 1 aromatic carbocycles. The normalized spacial score (nSPS) is 14.0. The van der Waals surface area contributed by atoms with Crippen molar-refractivity contribution in [2.24, 2.45) is 0 Å². The quantitative estimate of drug-likeness (QED) is 0.785. The maximum Gasteiger partial charge on any atom is 0.127 e. The van der Waals surface area contributed by atoms with Crippen molar-refractivity contribution in [3.63, 3.8) is 0 Å². The van der Waals surface area contributed by atoms with Crippen molar-refractivity contribution < 1.29 is 4.39 Å². The highest BCUT2D eigenvalue weighted by atomic mass is 19.1. The molecule has 1 N–H and O–H groups in total. The topological polar surface area (TPSA) is 33.1 Å². The first-order valence-electron chi connectivity index (χ1n) is 8.22. The van der Waals surface area contributed by atoms with Gasteiger partial charge in [-0.05, 0) is 36.8 Å². The van der Waals surface area contributed by atoms with Crippen molar-refractivity contribution >= 4 is 16.7 Å². The van der Waals surface area contributed by atoms with E-state index in [1.165, 1.54) is 5.69 Å². The monoisotopic (exact) mass is 324 g/mol. The number of aromatic nitrogens is 2. The average molecular weight is 324 g/mol. The van der Waals surface area contributed by atoms with Gasteiger partial charge in [-0.25, -0.2) is 9.37 Å². The third kappa shape index (κ3) is 2.27. The Labute approximate surface area is 140 Å². The Morgan fingerprint density at radius 3 is 2.79 bits per heavy atom. The highest BCUT2D eigenvalue weighted by Crippen LogP contribution is 2.35. The van der Waals surface area contributed by atoms with Crippen molar-refractivity contribution in [1.29, 1.82) is 0 Å². The fourth-order valence-corrected chi connectivity index (χ4v) is 3.57. The Hall–Kier alpha value is -2.40. The highest BCUT2D eigenvalue weighted by Gasteiger charge is 2.21. The van der Waals surface area contributed by atoms with E-state index in [1.54, 1.807) is 12.1 Å². The largest absolute Gasteiger partial charge is 0.363 e. The van der Waals surface area contributed by atoms with Gasteiger partial charge >= 0.3 is 0 Å². The first kappa shape index (κ1) is 15.1.